The van der Waals surface area contributed by atoms with Crippen molar-refractivity contribution < 1.29 is 19.4 Å². The topological polar surface area (TPSA) is 77.4 Å². The Kier molecular flexibility index (Phi) is 20.5. The predicted octanol–water partition coefficient (Wildman–Crippen LogP) is 6.59. The molecule has 0 spiro atoms. The fourth-order valence-electron chi connectivity index (χ4n) is 3.35. The van der Waals surface area contributed by atoms with Crippen LogP contribution in [0.3, 0.4) is 0 Å². The highest BCUT2D eigenvalue weighted by atomic mass is 31.1. The zero-order valence-electron chi connectivity index (χ0n) is 16.8. The molecule has 1 N–H and O–H groups in total. The maximum atomic E-state index is 10.4. The van der Waals surface area contributed by atoms with Gasteiger partial charge in [-0.15, -0.1) is 0 Å². The first-order valence-corrected chi connectivity index (χ1v) is 12.3. The first-order valence-electron chi connectivity index (χ1n) is 11.0. The van der Waals surface area contributed by atoms with Gasteiger partial charge in [-0.25, -0.2) is 0 Å². The number of carbonyl (C=O) groups is 1. The lowest BCUT2D eigenvalue weighted by atomic mass is 10.0. The number of carboxylic acid groups (broad SMARTS) is 1. The van der Waals surface area contributed by atoms with Crippen LogP contribution in [-0.4, -0.2) is 17.2 Å². The highest BCUT2D eigenvalue weighted by Gasteiger charge is 1.99. The van der Waals surface area contributed by atoms with Crippen molar-refractivity contribution in [3.8, 4) is 0 Å². The summed E-state index contributed by atoms with van der Waals surface area (Å²) < 4.78 is 10.4. The molecule has 0 aliphatic carbocycles. The largest absolute Gasteiger partial charge is 0.596 e. The van der Waals surface area contributed by atoms with Crippen molar-refractivity contribution in [1.82, 2.24) is 0 Å². The van der Waals surface area contributed by atoms with Gasteiger partial charge < -0.3 is 10.00 Å². The Morgan fingerprint density at radius 2 is 0.846 bits per heavy atom. The van der Waals surface area contributed by atoms with Gasteiger partial charge in [0.25, 0.3) is 0 Å². The van der Waals surface area contributed by atoms with Gasteiger partial charge in [-0.2, -0.15) is 0 Å². The molecule has 0 fully saturated rings. The average molecular weight is 389 g/mol. The molecule has 0 aromatic carbocycles. The fraction of sp³-hybridized carbons (Fsp3) is 0.952. The van der Waals surface area contributed by atoms with Gasteiger partial charge in [0.1, 0.15) is 6.16 Å². The van der Waals surface area contributed by atoms with E-state index in [1.54, 1.807) is 0 Å². The van der Waals surface area contributed by atoms with E-state index in [1.165, 1.54) is 89.9 Å². The monoisotopic (exact) mass is 388 g/mol. The molecule has 0 saturated heterocycles. The number of aliphatic carboxylic acids is 1. The van der Waals surface area contributed by atoms with E-state index in [1.807, 2.05) is 0 Å². The number of carboxylic acids is 1. The summed E-state index contributed by atoms with van der Waals surface area (Å²) >= 11 is 0. The van der Waals surface area contributed by atoms with Gasteiger partial charge in [-0.1, -0.05) is 101 Å². The minimum Gasteiger partial charge on any atom is -0.596 e. The van der Waals surface area contributed by atoms with E-state index in [0.29, 0.717) is 12.6 Å². The molecule has 1 atom stereocenters. The molecule has 0 rings (SSSR count). The Morgan fingerprint density at radius 3 is 1.12 bits per heavy atom. The number of hydrogen-bond donors (Lipinski definition) is 1. The number of unbranched alkanes of at least 4 members (excludes halogenated alkanes) is 17. The van der Waals surface area contributed by atoms with E-state index in [2.05, 4.69) is 0 Å². The van der Waals surface area contributed by atoms with Crippen molar-refractivity contribution in [3.05, 3.63) is 0 Å². The first-order chi connectivity index (χ1) is 12.6. The van der Waals surface area contributed by atoms with Crippen LogP contribution in [0.1, 0.15) is 122 Å². The van der Waals surface area contributed by atoms with Crippen LogP contribution in [0.25, 0.3) is 0 Å². The van der Waals surface area contributed by atoms with Crippen LogP contribution < -0.4 is 4.89 Å². The van der Waals surface area contributed by atoms with Crippen molar-refractivity contribution in [2.45, 2.75) is 122 Å². The summed E-state index contributed by atoms with van der Waals surface area (Å²) in [5, 5.41) is 8.56. The van der Waals surface area contributed by atoms with Crippen molar-refractivity contribution in [2.75, 3.05) is 6.16 Å². The number of rotatable bonds is 21. The van der Waals surface area contributed by atoms with Gasteiger partial charge in [-0.3, -0.25) is 4.79 Å². The van der Waals surface area contributed by atoms with Crippen molar-refractivity contribution >= 4 is 14.0 Å². The molecule has 0 aromatic rings. The summed E-state index contributed by atoms with van der Waals surface area (Å²) in [6, 6.07) is 0. The molecule has 0 bridgehead atoms. The second kappa shape index (κ2) is 20.8. The summed E-state index contributed by atoms with van der Waals surface area (Å²) in [4.78, 5) is 20.8. The molecule has 0 saturated carbocycles. The summed E-state index contributed by atoms with van der Waals surface area (Å²) in [7, 11) is -2.17. The molecule has 1 unspecified atom stereocenters. The molecule has 0 aliphatic heterocycles. The molecular weight excluding hydrogens is 347 g/mol. The smallest absolute Gasteiger partial charge is 0.308 e. The molecule has 0 aromatic heterocycles. The lowest BCUT2D eigenvalue weighted by Crippen LogP contribution is -1.93. The Hall–Kier alpha value is -0.470. The van der Waals surface area contributed by atoms with Gasteiger partial charge in [-0.05, 0) is 19.3 Å². The molecule has 0 radical (unpaired) electrons. The summed E-state index contributed by atoms with van der Waals surface area (Å²) in [6.45, 7) is 0. The van der Waals surface area contributed by atoms with E-state index in [0.717, 1.165) is 25.7 Å². The Bertz CT molecular complexity index is 302. The molecule has 154 valence electrons. The molecule has 0 amide bonds. The quantitative estimate of drug-likeness (QED) is 0.178. The molecule has 0 heterocycles. The van der Waals surface area contributed by atoms with Crippen LogP contribution in [0.5, 0.6) is 0 Å². The Labute approximate surface area is 162 Å². The zero-order valence-corrected chi connectivity index (χ0v) is 17.7. The van der Waals surface area contributed by atoms with Crippen molar-refractivity contribution in [2.24, 2.45) is 0 Å². The summed E-state index contributed by atoms with van der Waals surface area (Å²) in [6.07, 6.45) is 22.8. The summed E-state index contributed by atoms with van der Waals surface area (Å²) in [5.41, 5.74) is 0. The summed E-state index contributed by atoms with van der Waals surface area (Å²) in [5.74, 6) is -0.669. The average Bonchev–Trinajstić information content (AvgIpc) is 2.59. The van der Waals surface area contributed by atoms with Gasteiger partial charge in [0.05, 0.1) is 0 Å². The number of hydrogen-bond acceptors (Lipinski definition) is 3. The van der Waals surface area contributed by atoms with E-state index in [-0.39, 0.29) is 0 Å². The maximum Gasteiger partial charge on any atom is 0.308 e. The van der Waals surface area contributed by atoms with Crippen LogP contribution in [0, 0.1) is 0 Å². The van der Waals surface area contributed by atoms with E-state index >= 15 is 0 Å². The molecule has 4 nitrogen and oxygen atoms in total. The van der Waals surface area contributed by atoms with Crippen molar-refractivity contribution in [3.63, 3.8) is 0 Å². The van der Waals surface area contributed by atoms with Crippen LogP contribution in [0.2, 0.25) is 0 Å². The minimum atomic E-state index is -2.17. The third kappa shape index (κ3) is 23.5. The van der Waals surface area contributed by atoms with Crippen LogP contribution >= 0.6 is 8.03 Å². The van der Waals surface area contributed by atoms with Crippen molar-refractivity contribution in [1.29, 1.82) is 0 Å². The normalized spacial score (nSPS) is 11.7. The second-order valence-electron chi connectivity index (χ2n) is 7.56. The SMILES string of the molecule is O=C(O)CCCCCCCCCCCCCCCCCCCC[P+](=O)[O-]. The third-order valence-electron chi connectivity index (χ3n) is 4.98. The zero-order chi connectivity index (χ0) is 19.3. The molecule has 26 heavy (non-hydrogen) atoms. The van der Waals surface area contributed by atoms with E-state index < -0.39 is 14.0 Å². The lowest BCUT2D eigenvalue weighted by Gasteiger charge is -2.03. The second-order valence-corrected chi connectivity index (χ2v) is 8.68. The molecule has 0 aliphatic rings. The van der Waals surface area contributed by atoms with Crippen LogP contribution in [0.4, 0.5) is 0 Å². The lowest BCUT2D eigenvalue weighted by molar-refractivity contribution is -0.164. The fourth-order valence-corrected chi connectivity index (χ4v) is 3.83. The standard InChI is InChI=1S/C21H41O4P/c22-21(23)19-17-15-13-11-9-7-5-3-1-2-4-6-8-10-12-14-16-18-20-26(24)25/h1-20H2,(H,22,23). The maximum absolute atomic E-state index is 10.4. The Balaban J connectivity index is 3.01. The van der Waals surface area contributed by atoms with E-state index in [4.69, 9.17) is 5.11 Å². The van der Waals surface area contributed by atoms with Gasteiger partial charge in [0, 0.05) is 6.42 Å². The molecule has 5 heteroatoms. The highest BCUT2D eigenvalue weighted by Crippen LogP contribution is 2.16. The van der Waals surface area contributed by atoms with Gasteiger partial charge in [0.15, 0.2) is 0 Å². The Morgan fingerprint density at radius 1 is 0.577 bits per heavy atom. The van der Waals surface area contributed by atoms with E-state index in [9.17, 15) is 14.3 Å². The highest BCUT2D eigenvalue weighted by molar-refractivity contribution is 7.36. The third-order valence-corrected chi connectivity index (χ3v) is 5.66. The molecular formula is C21H41O4P. The van der Waals surface area contributed by atoms with Crippen LogP contribution in [0.15, 0.2) is 0 Å². The van der Waals surface area contributed by atoms with Gasteiger partial charge in [0.2, 0.25) is 0 Å². The van der Waals surface area contributed by atoms with Gasteiger partial charge >= 0.3 is 14.0 Å². The minimum absolute atomic E-state index is 0.325. The first kappa shape index (κ1) is 25.5. The van der Waals surface area contributed by atoms with Crippen LogP contribution in [-0.2, 0) is 9.36 Å². The predicted molar refractivity (Wildman–Crippen MR) is 108 cm³/mol.